The summed E-state index contributed by atoms with van der Waals surface area (Å²) in [5.74, 6) is 1.30. The average molecular weight is 421 g/mol. The van der Waals surface area contributed by atoms with Crippen LogP contribution in [0.5, 0.6) is 11.5 Å². The lowest BCUT2D eigenvalue weighted by molar-refractivity contribution is -0.632. The Morgan fingerprint density at radius 2 is 1.80 bits per heavy atom. The Bertz CT molecular complexity index is 1310. The number of aryl methyl sites for hydroxylation is 1. The van der Waals surface area contributed by atoms with Crippen LogP contribution < -0.4 is 19.9 Å². The second kappa shape index (κ2) is 7.58. The summed E-state index contributed by atoms with van der Waals surface area (Å²) in [6.07, 6.45) is 0. The average Bonchev–Trinajstić information content (AvgIpc) is 3.08. The smallest absolute Gasteiger partial charge is 0.359 e. The van der Waals surface area contributed by atoms with Crippen LogP contribution in [0.15, 0.2) is 42.5 Å². The van der Waals surface area contributed by atoms with Gasteiger partial charge in [-0.25, -0.2) is 5.10 Å². The Labute approximate surface area is 178 Å². The van der Waals surface area contributed by atoms with Gasteiger partial charge in [0.15, 0.2) is 17.2 Å². The number of benzene rings is 2. The molecule has 2 heterocycles. The third kappa shape index (κ3) is 3.08. The van der Waals surface area contributed by atoms with Crippen LogP contribution in [0.1, 0.15) is 11.3 Å². The van der Waals surface area contributed by atoms with E-state index in [-0.39, 0.29) is 5.82 Å². The normalized spacial score (nSPS) is 10.8. The molecule has 0 unspecified atom stereocenters. The molecule has 0 radical (unpaired) electrons. The van der Waals surface area contributed by atoms with Crippen molar-refractivity contribution in [2.24, 2.45) is 0 Å². The van der Waals surface area contributed by atoms with E-state index >= 15 is 0 Å². The quantitative estimate of drug-likeness (QED) is 0.487. The van der Waals surface area contributed by atoms with E-state index in [2.05, 4.69) is 16.2 Å². The van der Waals surface area contributed by atoms with Crippen molar-refractivity contribution in [1.82, 2.24) is 10.1 Å². The number of aromatic nitrogens is 3. The molecule has 0 amide bonds. The minimum Gasteiger partial charge on any atom is -0.493 e. The summed E-state index contributed by atoms with van der Waals surface area (Å²) in [5.41, 5.74) is 10.3. The van der Waals surface area contributed by atoms with Crippen molar-refractivity contribution < 1.29 is 14.2 Å². The molecule has 30 heavy (non-hydrogen) atoms. The first-order valence-electron chi connectivity index (χ1n) is 9.10. The van der Waals surface area contributed by atoms with Gasteiger partial charge in [0.1, 0.15) is 17.0 Å². The van der Waals surface area contributed by atoms with Gasteiger partial charge in [-0.05, 0) is 53.9 Å². The first-order valence-corrected chi connectivity index (χ1v) is 9.48. The lowest BCUT2D eigenvalue weighted by Gasteiger charge is -2.11. The number of anilines is 1. The summed E-state index contributed by atoms with van der Waals surface area (Å²) >= 11 is 6.03. The highest BCUT2D eigenvalue weighted by atomic mass is 35.5. The number of halogens is 1. The second-order valence-electron chi connectivity index (χ2n) is 6.68. The maximum absolute atomic E-state index is 9.83. The van der Waals surface area contributed by atoms with Crippen LogP contribution in [0.2, 0.25) is 5.02 Å². The van der Waals surface area contributed by atoms with Crippen LogP contribution in [-0.2, 0) is 0 Å². The Balaban J connectivity index is 2.07. The highest BCUT2D eigenvalue weighted by Crippen LogP contribution is 2.38. The van der Waals surface area contributed by atoms with E-state index in [0.717, 1.165) is 22.3 Å². The van der Waals surface area contributed by atoms with Gasteiger partial charge >= 0.3 is 5.65 Å². The number of hydrogen-bond donors (Lipinski definition) is 2. The van der Waals surface area contributed by atoms with Crippen molar-refractivity contribution in [2.45, 2.75) is 6.92 Å². The topological polar surface area (TPSA) is 101 Å². The first-order chi connectivity index (χ1) is 14.5. The molecule has 0 bridgehead atoms. The van der Waals surface area contributed by atoms with Crippen LogP contribution >= 0.6 is 11.6 Å². The van der Waals surface area contributed by atoms with Gasteiger partial charge in [-0.15, -0.1) is 4.68 Å². The summed E-state index contributed by atoms with van der Waals surface area (Å²) in [6.45, 7) is 1.93. The lowest BCUT2D eigenvalue weighted by Crippen LogP contribution is -2.33. The van der Waals surface area contributed by atoms with E-state index in [0.29, 0.717) is 33.3 Å². The molecule has 0 aliphatic carbocycles. The van der Waals surface area contributed by atoms with E-state index in [4.69, 9.17) is 26.8 Å². The van der Waals surface area contributed by atoms with E-state index < -0.39 is 0 Å². The Kier molecular flexibility index (Phi) is 4.94. The van der Waals surface area contributed by atoms with Gasteiger partial charge in [-0.1, -0.05) is 17.7 Å². The number of ether oxygens (including phenoxy) is 2. The summed E-state index contributed by atoms with van der Waals surface area (Å²) in [4.78, 5) is 4.53. The van der Waals surface area contributed by atoms with Crippen molar-refractivity contribution in [3.05, 3.63) is 58.7 Å². The zero-order valence-corrected chi connectivity index (χ0v) is 17.4. The fourth-order valence-corrected chi connectivity index (χ4v) is 3.68. The molecule has 2 aromatic heterocycles. The molecule has 0 saturated heterocycles. The lowest BCUT2D eigenvalue weighted by atomic mass is 9.96. The van der Waals surface area contributed by atoms with Crippen LogP contribution in [0.4, 0.5) is 5.82 Å². The van der Waals surface area contributed by atoms with Crippen molar-refractivity contribution >= 4 is 28.5 Å². The van der Waals surface area contributed by atoms with Gasteiger partial charge < -0.3 is 15.2 Å². The molecule has 8 heteroatoms. The largest absolute Gasteiger partial charge is 0.493 e. The summed E-state index contributed by atoms with van der Waals surface area (Å²) < 4.78 is 12.6. The zero-order valence-electron chi connectivity index (χ0n) is 16.7. The number of rotatable bonds is 4. The molecule has 2 aromatic carbocycles. The minimum atomic E-state index is 0.150. The third-order valence-corrected chi connectivity index (χ3v) is 5.19. The number of fused-ring (bicyclic) bond motifs is 1. The van der Waals surface area contributed by atoms with E-state index in [1.165, 1.54) is 0 Å². The van der Waals surface area contributed by atoms with Gasteiger partial charge in [0.05, 0.1) is 19.9 Å². The van der Waals surface area contributed by atoms with Crippen molar-refractivity contribution in [3.63, 3.8) is 0 Å². The predicted molar refractivity (Wildman–Crippen MR) is 115 cm³/mol. The number of hydrogen-bond acceptors (Lipinski definition) is 5. The molecule has 0 atom stereocenters. The number of aromatic amines is 1. The highest BCUT2D eigenvalue weighted by Gasteiger charge is 2.28. The van der Waals surface area contributed by atoms with Crippen LogP contribution in [0, 0.1) is 18.3 Å². The molecular formula is C22H19ClN5O2+. The van der Waals surface area contributed by atoms with Gasteiger partial charge in [-0.2, -0.15) is 5.26 Å². The molecule has 0 aliphatic rings. The first kappa shape index (κ1) is 19.6. The Morgan fingerprint density at radius 3 is 2.43 bits per heavy atom. The van der Waals surface area contributed by atoms with Gasteiger partial charge in [0.25, 0.3) is 5.82 Å². The van der Waals surface area contributed by atoms with E-state index in [9.17, 15) is 5.26 Å². The summed E-state index contributed by atoms with van der Waals surface area (Å²) in [5, 5.41) is 14.6. The molecule has 0 saturated carbocycles. The SMILES string of the molecule is COc1ccc(-c2c(C#N)c(N)nc3c2c(C)[nH][n+]3-c2ccc(Cl)cc2)cc1OC. The van der Waals surface area contributed by atoms with Crippen LogP contribution in [0.25, 0.3) is 27.8 Å². The molecule has 7 nitrogen and oxygen atoms in total. The molecule has 0 spiro atoms. The van der Waals surface area contributed by atoms with Crippen molar-refractivity contribution in [3.8, 4) is 34.4 Å². The molecule has 3 N–H and O–H groups in total. The molecule has 4 rings (SSSR count). The second-order valence-corrected chi connectivity index (χ2v) is 7.11. The van der Waals surface area contributed by atoms with Crippen molar-refractivity contribution in [2.75, 3.05) is 20.0 Å². The molecule has 0 aliphatic heterocycles. The van der Waals surface area contributed by atoms with Gasteiger partial charge in [-0.3, -0.25) is 0 Å². The summed E-state index contributed by atoms with van der Waals surface area (Å²) in [7, 11) is 3.14. The number of nitrogens with one attached hydrogen (secondary N) is 1. The Hall–Kier alpha value is -3.76. The third-order valence-electron chi connectivity index (χ3n) is 4.94. The zero-order chi connectivity index (χ0) is 21.4. The molecular weight excluding hydrogens is 402 g/mol. The number of nitriles is 1. The minimum absolute atomic E-state index is 0.150. The fourth-order valence-electron chi connectivity index (χ4n) is 3.55. The molecule has 4 aromatic rings. The number of H-pyrrole nitrogens is 1. The van der Waals surface area contributed by atoms with Crippen molar-refractivity contribution in [1.29, 1.82) is 5.26 Å². The van der Waals surface area contributed by atoms with Crippen LogP contribution in [0.3, 0.4) is 0 Å². The number of nitrogens with zero attached hydrogens (tertiary/aromatic N) is 3. The number of nitrogens with two attached hydrogens (primary N) is 1. The van der Waals surface area contributed by atoms with Crippen LogP contribution in [-0.4, -0.2) is 24.3 Å². The van der Waals surface area contributed by atoms with E-state index in [1.807, 2.05) is 35.9 Å². The number of methoxy groups -OCH3 is 2. The Morgan fingerprint density at radius 1 is 1.10 bits per heavy atom. The molecule has 0 fully saturated rings. The fraction of sp³-hybridized carbons (Fsp3) is 0.136. The number of nitrogen functional groups attached to an aromatic ring is 1. The maximum atomic E-state index is 9.83. The van der Waals surface area contributed by atoms with Gasteiger partial charge in [0, 0.05) is 10.6 Å². The molecule has 150 valence electrons. The van der Waals surface area contributed by atoms with E-state index in [1.54, 1.807) is 32.4 Å². The van der Waals surface area contributed by atoms with Gasteiger partial charge in [0.2, 0.25) is 0 Å². The summed E-state index contributed by atoms with van der Waals surface area (Å²) in [6, 6.07) is 15.1. The predicted octanol–water partition coefficient (Wildman–Crippen LogP) is 3.94. The number of pyridine rings is 1. The standard InChI is InChI=1S/C22H18ClN5O2/c1-12-19-20(13-4-9-17(29-2)18(10-13)30-3)16(11-24)21(25)26-22(19)28(27-12)15-7-5-14(23)6-8-15/h4-10H,1-3H3,(H2,25,26,27)/p+1. The maximum Gasteiger partial charge on any atom is 0.359 e. The monoisotopic (exact) mass is 420 g/mol. The highest BCUT2D eigenvalue weighted by molar-refractivity contribution is 6.30.